The second kappa shape index (κ2) is 15.1. The molecule has 0 N–H and O–H groups in total. The second-order valence-electron chi connectivity index (χ2n) is 10.4. The van der Waals surface area contributed by atoms with Crippen molar-refractivity contribution >= 4 is 30.2 Å². The summed E-state index contributed by atoms with van der Waals surface area (Å²) in [4.78, 5) is 59.6. The molecule has 3 aromatic carbocycles. The monoisotopic (exact) mass is 618 g/mol. The molecule has 0 radical (unpaired) electrons. The average Bonchev–Trinajstić information content (AvgIpc) is 3.01. The van der Waals surface area contributed by atoms with Gasteiger partial charge < -0.3 is 28.4 Å². The molecule has 0 aliphatic carbocycles. The fourth-order valence-corrected chi connectivity index (χ4v) is 5.03. The summed E-state index contributed by atoms with van der Waals surface area (Å²) in [7, 11) is 0. The molecule has 0 saturated carbocycles. The van der Waals surface area contributed by atoms with Gasteiger partial charge in [0, 0.05) is 27.7 Å². The summed E-state index contributed by atoms with van der Waals surface area (Å²) >= 11 is 0. The highest BCUT2D eigenvalue weighted by Crippen LogP contribution is 2.38. The number of hydrogen-bond acceptors (Lipinski definition) is 11. The molecule has 1 aliphatic rings. The second-order valence-corrected chi connectivity index (χ2v) is 10.4. The Balaban J connectivity index is 1.66. The maximum absolute atomic E-state index is 12.2. The molecular formula is C34H34O11. The number of aldehydes is 1. The van der Waals surface area contributed by atoms with E-state index in [0.717, 1.165) is 23.0 Å². The number of esters is 4. The smallest absolute Gasteiger partial charge is 0.303 e. The average molecular weight is 619 g/mol. The fourth-order valence-electron chi connectivity index (χ4n) is 5.03. The number of benzene rings is 3. The van der Waals surface area contributed by atoms with Gasteiger partial charge in [0.15, 0.2) is 24.6 Å². The summed E-state index contributed by atoms with van der Waals surface area (Å²) in [5, 5.41) is 0. The van der Waals surface area contributed by atoms with Crippen molar-refractivity contribution in [2.45, 2.75) is 64.8 Å². The third-order valence-corrected chi connectivity index (χ3v) is 6.94. The lowest BCUT2D eigenvalue weighted by molar-refractivity contribution is -0.254. The van der Waals surface area contributed by atoms with Crippen LogP contribution < -0.4 is 4.74 Å². The van der Waals surface area contributed by atoms with Crippen molar-refractivity contribution in [3.05, 3.63) is 89.5 Å². The maximum Gasteiger partial charge on any atom is 0.303 e. The first kappa shape index (κ1) is 32.9. The molecule has 1 saturated heterocycles. The fraction of sp³-hybridized carbons (Fsp3) is 0.324. The van der Waals surface area contributed by atoms with Crippen LogP contribution in [-0.2, 0) is 49.5 Å². The summed E-state index contributed by atoms with van der Waals surface area (Å²) in [6.07, 6.45) is -5.04. The van der Waals surface area contributed by atoms with Gasteiger partial charge in [-0.05, 0) is 34.4 Å². The van der Waals surface area contributed by atoms with Gasteiger partial charge in [-0.25, -0.2) is 0 Å². The van der Waals surface area contributed by atoms with Crippen LogP contribution >= 0.6 is 0 Å². The van der Waals surface area contributed by atoms with Gasteiger partial charge in [-0.2, -0.15) is 0 Å². The number of hydrogen-bond donors (Lipinski definition) is 0. The lowest BCUT2D eigenvalue weighted by atomic mass is 9.89. The van der Waals surface area contributed by atoms with Gasteiger partial charge in [0.2, 0.25) is 0 Å². The number of rotatable bonds is 11. The summed E-state index contributed by atoms with van der Waals surface area (Å²) in [5.74, 6) is -2.26. The van der Waals surface area contributed by atoms with E-state index in [2.05, 4.69) is 0 Å². The SMILES string of the molecule is CC(=O)OCC1OC(c2ccc(-c3ccc(C=O)c(OCc4ccccc4)c3)cc2)C(OC(C)=O)C(OC(C)=O)C1OC(C)=O. The van der Waals surface area contributed by atoms with Crippen molar-refractivity contribution in [3.8, 4) is 16.9 Å². The van der Waals surface area contributed by atoms with Crippen LogP contribution in [0.4, 0.5) is 0 Å². The van der Waals surface area contributed by atoms with Crippen molar-refractivity contribution in [3.63, 3.8) is 0 Å². The molecule has 4 rings (SSSR count). The summed E-state index contributed by atoms with van der Waals surface area (Å²) in [6.45, 7) is 4.71. The first-order valence-electron chi connectivity index (χ1n) is 14.2. The minimum absolute atomic E-state index is 0.285. The molecule has 1 aliphatic heterocycles. The van der Waals surface area contributed by atoms with Gasteiger partial charge in [0.25, 0.3) is 0 Å². The molecule has 1 heterocycles. The normalized spacial score (nSPS) is 20.8. The van der Waals surface area contributed by atoms with E-state index < -0.39 is 54.4 Å². The standard InChI is InChI=1S/C34H34O11/c1-20(36)40-19-30-32(42-21(2)37)34(44-23(4)39)33(43-22(3)38)31(45-30)26-12-10-25(11-13-26)27-14-15-28(17-35)29(16-27)41-18-24-8-6-5-7-9-24/h5-17,30-34H,18-19H2,1-4H3. The Bertz CT molecular complexity index is 1520. The molecule has 0 amide bonds. The minimum atomic E-state index is -1.27. The Morgan fingerprint density at radius 2 is 1.31 bits per heavy atom. The molecule has 5 unspecified atom stereocenters. The Morgan fingerprint density at radius 3 is 1.91 bits per heavy atom. The Kier molecular flexibility index (Phi) is 11.0. The van der Waals surface area contributed by atoms with Gasteiger partial charge in [-0.15, -0.1) is 0 Å². The minimum Gasteiger partial charge on any atom is -0.488 e. The maximum atomic E-state index is 12.2. The Hall–Kier alpha value is -5.03. The largest absolute Gasteiger partial charge is 0.488 e. The molecule has 11 heteroatoms. The van der Waals surface area contributed by atoms with Crippen LogP contribution in [0.25, 0.3) is 11.1 Å². The quantitative estimate of drug-likeness (QED) is 0.170. The van der Waals surface area contributed by atoms with Crippen LogP contribution in [0.5, 0.6) is 5.75 Å². The molecule has 11 nitrogen and oxygen atoms in total. The lowest BCUT2D eigenvalue weighted by Gasteiger charge is -2.44. The van der Waals surface area contributed by atoms with E-state index in [1.165, 1.54) is 27.7 Å². The highest BCUT2D eigenvalue weighted by atomic mass is 16.7. The highest BCUT2D eigenvalue weighted by Gasteiger charge is 2.52. The predicted molar refractivity (Wildman–Crippen MR) is 159 cm³/mol. The van der Waals surface area contributed by atoms with Crippen LogP contribution in [0.2, 0.25) is 0 Å². The van der Waals surface area contributed by atoms with Crippen LogP contribution in [0.1, 0.15) is 55.3 Å². The van der Waals surface area contributed by atoms with Gasteiger partial charge in [0.1, 0.15) is 31.2 Å². The summed E-state index contributed by atoms with van der Waals surface area (Å²) in [5.41, 5.74) is 3.46. The van der Waals surface area contributed by atoms with Gasteiger partial charge in [0.05, 0.1) is 5.56 Å². The Labute approximate surface area is 260 Å². The molecule has 236 valence electrons. The zero-order valence-corrected chi connectivity index (χ0v) is 25.3. The van der Waals surface area contributed by atoms with Crippen molar-refractivity contribution in [2.75, 3.05) is 6.61 Å². The van der Waals surface area contributed by atoms with Crippen LogP contribution in [-0.4, -0.2) is 61.2 Å². The van der Waals surface area contributed by atoms with Crippen molar-refractivity contribution in [1.29, 1.82) is 0 Å². The van der Waals surface area contributed by atoms with E-state index in [0.29, 0.717) is 16.9 Å². The summed E-state index contributed by atoms with van der Waals surface area (Å²) in [6, 6.07) is 21.9. The number of carbonyl (C=O) groups excluding carboxylic acids is 5. The lowest BCUT2D eigenvalue weighted by Crippen LogP contribution is -2.59. The molecule has 0 bridgehead atoms. The molecular weight excluding hydrogens is 584 g/mol. The van der Waals surface area contributed by atoms with E-state index in [-0.39, 0.29) is 13.2 Å². The van der Waals surface area contributed by atoms with E-state index in [4.69, 9.17) is 28.4 Å². The first-order chi connectivity index (χ1) is 21.5. The zero-order chi connectivity index (χ0) is 32.5. The van der Waals surface area contributed by atoms with Crippen LogP contribution in [0.15, 0.2) is 72.8 Å². The van der Waals surface area contributed by atoms with Crippen LogP contribution in [0, 0.1) is 0 Å². The molecule has 5 atom stereocenters. The van der Waals surface area contributed by atoms with E-state index in [9.17, 15) is 24.0 Å². The molecule has 3 aromatic rings. The Morgan fingerprint density at radius 1 is 0.711 bits per heavy atom. The van der Waals surface area contributed by atoms with E-state index >= 15 is 0 Å². The van der Waals surface area contributed by atoms with E-state index in [1.807, 2.05) is 30.3 Å². The molecule has 45 heavy (non-hydrogen) atoms. The van der Waals surface area contributed by atoms with Crippen molar-refractivity contribution in [1.82, 2.24) is 0 Å². The van der Waals surface area contributed by atoms with E-state index in [1.54, 1.807) is 42.5 Å². The molecule has 0 aromatic heterocycles. The molecule has 0 spiro atoms. The van der Waals surface area contributed by atoms with Gasteiger partial charge >= 0.3 is 23.9 Å². The van der Waals surface area contributed by atoms with Crippen molar-refractivity contribution in [2.24, 2.45) is 0 Å². The topological polar surface area (TPSA) is 141 Å². The summed E-state index contributed by atoms with van der Waals surface area (Å²) < 4.78 is 33.9. The zero-order valence-electron chi connectivity index (χ0n) is 25.3. The van der Waals surface area contributed by atoms with Gasteiger partial charge in [-0.1, -0.05) is 60.7 Å². The number of ether oxygens (including phenoxy) is 6. The highest BCUT2D eigenvalue weighted by molar-refractivity contribution is 5.82. The first-order valence-corrected chi connectivity index (χ1v) is 14.2. The van der Waals surface area contributed by atoms with Gasteiger partial charge in [-0.3, -0.25) is 24.0 Å². The van der Waals surface area contributed by atoms with Crippen molar-refractivity contribution < 1.29 is 52.4 Å². The third-order valence-electron chi connectivity index (χ3n) is 6.94. The third kappa shape index (κ3) is 8.76. The van der Waals surface area contributed by atoms with Crippen LogP contribution in [0.3, 0.4) is 0 Å². The predicted octanol–water partition coefficient (Wildman–Crippen LogP) is 4.54. The number of carbonyl (C=O) groups is 5. The molecule has 1 fully saturated rings.